The predicted octanol–water partition coefficient (Wildman–Crippen LogP) is 4.50. The molecule has 3 aromatic rings. The van der Waals surface area contributed by atoms with Crippen molar-refractivity contribution in [3.8, 4) is 0 Å². The number of fused-ring (bicyclic) bond motifs is 1. The van der Waals surface area contributed by atoms with Gasteiger partial charge in [0.1, 0.15) is 0 Å². The molecule has 5 nitrogen and oxygen atoms in total. The molecule has 0 aliphatic heterocycles. The summed E-state index contributed by atoms with van der Waals surface area (Å²) in [6.45, 7) is 4.26. The molecule has 1 atom stereocenters. The number of rotatable bonds is 5. The van der Waals surface area contributed by atoms with Crippen LogP contribution in [0.3, 0.4) is 0 Å². The lowest BCUT2D eigenvalue weighted by Crippen LogP contribution is -2.30. The first-order valence-corrected chi connectivity index (χ1v) is 8.73. The van der Waals surface area contributed by atoms with E-state index in [1.165, 1.54) is 6.92 Å². The van der Waals surface area contributed by atoms with E-state index in [1.54, 1.807) is 30.5 Å². The van der Waals surface area contributed by atoms with Gasteiger partial charge in [0.05, 0.1) is 16.3 Å². The first kappa shape index (κ1) is 18.0. The maximum atomic E-state index is 12.6. The largest absolute Gasteiger partial charge is 0.449 e. The molecule has 0 bridgehead atoms. The van der Waals surface area contributed by atoms with Crippen LogP contribution in [-0.2, 0) is 16.1 Å². The molecule has 3 rings (SSSR count). The summed E-state index contributed by atoms with van der Waals surface area (Å²) in [6, 6.07) is 14.5. The fourth-order valence-corrected chi connectivity index (χ4v) is 2.93. The van der Waals surface area contributed by atoms with Crippen molar-refractivity contribution in [2.45, 2.75) is 26.5 Å². The number of esters is 1. The molecule has 0 aliphatic carbocycles. The molecule has 1 aromatic heterocycles. The van der Waals surface area contributed by atoms with Gasteiger partial charge in [-0.05, 0) is 32.0 Å². The van der Waals surface area contributed by atoms with Crippen LogP contribution in [0.1, 0.15) is 24.2 Å². The molecule has 0 radical (unpaired) electrons. The third kappa shape index (κ3) is 3.58. The summed E-state index contributed by atoms with van der Waals surface area (Å²) in [6.07, 6.45) is 0.800. The molecule has 6 heteroatoms. The molecule has 1 unspecified atom stereocenters. The number of nitrogens with zero attached hydrogens (tertiary/aromatic N) is 1. The van der Waals surface area contributed by atoms with Crippen LogP contribution in [0.15, 0.2) is 54.7 Å². The van der Waals surface area contributed by atoms with Gasteiger partial charge in [-0.3, -0.25) is 4.79 Å². The Hall–Kier alpha value is -2.79. The van der Waals surface area contributed by atoms with E-state index < -0.39 is 18.0 Å². The molecule has 1 amide bonds. The molecule has 0 spiro atoms. The summed E-state index contributed by atoms with van der Waals surface area (Å²) in [4.78, 5) is 24.9. The third-order valence-electron chi connectivity index (χ3n) is 4.13. The molecule has 1 N–H and O–H groups in total. The average molecular weight is 371 g/mol. The Kier molecular flexibility index (Phi) is 5.28. The van der Waals surface area contributed by atoms with E-state index in [1.807, 2.05) is 35.8 Å². The van der Waals surface area contributed by atoms with Crippen LogP contribution in [-0.4, -0.2) is 22.5 Å². The van der Waals surface area contributed by atoms with Gasteiger partial charge in [-0.25, -0.2) is 4.79 Å². The number of halogens is 1. The topological polar surface area (TPSA) is 60.3 Å². The van der Waals surface area contributed by atoms with Gasteiger partial charge in [-0.1, -0.05) is 41.9 Å². The quantitative estimate of drug-likeness (QED) is 0.673. The Labute approximate surface area is 156 Å². The number of amides is 1. The van der Waals surface area contributed by atoms with Crippen molar-refractivity contribution in [3.63, 3.8) is 0 Å². The zero-order chi connectivity index (χ0) is 18.7. The minimum absolute atomic E-state index is 0.422. The Bertz CT molecular complexity index is 965. The summed E-state index contributed by atoms with van der Waals surface area (Å²) in [5.41, 5.74) is 1.87. The van der Waals surface area contributed by atoms with Gasteiger partial charge in [0.15, 0.2) is 6.10 Å². The van der Waals surface area contributed by atoms with Crippen LogP contribution in [0.25, 0.3) is 10.9 Å². The van der Waals surface area contributed by atoms with E-state index >= 15 is 0 Å². The number of ether oxygens (including phenoxy) is 1. The van der Waals surface area contributed by atoms with Crippen LogP contribution in [0, 0.1) is 0 Å². The van der Waals surface area contributed by atoms with E-state index in [-0.39, 0.29) is 0 Å². The molecule has 1 heterocycles. The van der Waals surface area contributed by atoms with E-state index in [4.69, 9.17) is 16.3 Å². The van der Waals surface area contributed by atoms with E-state index in [2.05, 4.69) is 5.32 Å². The highest BCUT2D eigenvalue weighted by atomic mass is 35.5. The Morgan fingerprint density at radius 3 is 2.58 bits per heavy atom. The summed E-state index contributed by atoms with van der Waals surface area (Å²) in [7, 11) is 0. The SMILES string of the molecule is CCn1cc(C(=O)OC(C)C(=O)Nc2ccccc2Cl)c2ccccc21. The minimum Gasteiger partial charge on any atom is -0.449 e. The maximum Gasteiger partial charge on any atom is 0.341 e. The third-order valence-corrected chi connectivity index (χ3v) is 4.46. The van der Waals surface area contributed by atoms with Crippen molar-refractivity contribution in [2.75, 3.05) is 5.32 Å². The second kappa shape index (κ2) is 7.62. The van der Waals surface area contributed by atoms with Crippen LogP contribution >= 0.6 is 11.6 Å². The van der Waals surface area contributed by atoms with Crippen molar-refractivity contribution in [1.82, 2.24) is 4.57 Å². The molecule has 0 saturated carbocycles. The van der Waals surface area contributed by atoms with Crippen LogP contribution in [0.2, 0.25) is 5.02 Å². The number of anilines is 1. The van der Waals surface area contributed by atoms with Gasteiger partial charge in [0.25, 0.3) is 5.91 Å². The number of hydrogen-bond donors (Lipinski definition) is 1. The van der Waals surface area contributed by atoms with Crippen LogP contribution < -0.4 is 5.32 Å². The average Bonchev–Trinajstić information content (AvgIpc) is 3.02. The summed E-state index contributed by atoms with van der Waals surface area (Å²) in [5.74, 6) is -0.971. The number of nitrogens with one attached hydrogen (secondary N) is 1. The van der Waals surface area contributed by atoms with Gasteiger partial charge in [-0.15, -0.1) is 0 Å². The zero-order valence-corrected chi connectivity index (χ0v) is 15.3. The van der Waals surface area contributed by atoms with Gasteiger partial charge in [-0.2, -0.15) is 0 Å². The monoisotopic (exact) mass is 370 g/mol. The van der Waals surface area contributed by atoms with E-state index in [9.17, 15) is 9.59 Å². The first-order chi connectivity index (χ1) is 12.5. The molecule has 26 heavy (non-hydrogen) atoms. The highest BCUT2D eigenvalue weighted by molar-refractivity contribution is 6.33. The normalized spacial score (nSPS) is 12.0. The fraction of sp³-hybridized carbons (Fsp3) is 0.200. The highest BCUT2D eigenvalue weighted by Crippen LogP contribution is 2.23. The standard InChI is InChI=1S/C20H19ClN2O3/c1-3-23-12-15(14-8-4-7-11-18(14)23)20(25)26-13(2)19(24)22-17-10-6-5-9-16(17)21/h4-13H,3H2,1-2H3,(H,22,24). The van der Waals surface area contributed by atoms with Crippen LogP contribution in [0.5, 0.6) is 0 Å². The molecule has 2 aromatic carbocycles. The summed E-state index contributed by atoms with van der Waals surface area (Å²) >= 11 is 6.03. The molecule has 0 fully saturated rings. The van der Waals surface area contributed by atoms with E-state index in [0.717, 1.165) is 17.4 Å². The Morgan fingerprint density at radius 1 is 1.15 bits per heavy atom. The van der Waals surface area contributed by atoms with Gasteiger partial charge in [0, 0.05) is 23.6 Å². The fourth-order valence-electron chi connectivity index (χ4n) is 2.75. The van der Waals surface area contributed by atoms with Crippen molar-refractivity contribution < 1.29 is 14.3 Å². The predicted molar refractivity (Wildman–Crippen MR) is 103 cm³/mol. The second-order valence-electron chi connectivity index (χ2n) is 5.86. The van der Waals surface area contributed by atoms with Crippen molar-refractivity contribution in [3.05, 3.63) is 65.3 Å². The number of benzene rings is 2. The van der Waals surface area contributed by atoms with Gasteiger partial charge in [0.2, 0.25) is 0 Å². The van der Waals surface area contributed by atoms with Gasteiger partial charge >= 0.3 is 5.97 Å². The Balaban J connectivity index is 1.75. The number of hydrogen-bond acceptors (Lipinski definition) is 3. The number of aromatic nitrogens is 1. The van der Waals surface area contributed by atoms with Crippen LogP contribution in [0.4, 0.5) is 5.69 Å². The molecular weight excluding hydrogens is 352 g/mol. The smallest absolute Gasteiger partial charge is 0.341 e. The summed E-state index contributed by atoms with van der Waals surface area (Å²) < 4.78 is 7.34. The second-order valence-corrected chi connectivity index (χ2v) is 6.27. The van der Waals surface area contributed by atoms with Crippen molar-refractivity contribution >= 4 is 40.1 Å². The lowest BCUT2D eigenvalue weighted by molar-refractivity contribution is -0.123. The number of carbonyl (C=O) groups is 2. The number of aryl methyl sites for hydroxylation is 1. The number of para-hydroxylation sites is 2. The van der Waals surface area contributed by atoms with E-state index in [0.29, 0.717) is 16.3 Å². The number of carbonyl (C=O) groups excluding carboxylic acids is 2. The molecule has 0 saturated heterocycles. The lowest BCUT2D eigenvalue weighted by Gasteiger charge is -2.14. The highest BCUT2D eigenvalue weighted by Gasteiger charge is 2.22. The summed E-state index contributed by atoms with van der Waals surface area (Å²) in [5, 5.41) is 3.89. The minimum atomic E-state index is -0.956. The lowest BCUT2D eigenvalue weighted by atomic mass is 10.2. The zero-order valence-electron chi connectivity index (χ0n) is 14.5. The maximum absolute atomic E-state index is 12.6. The van der Waals surface area contributed by atoms with Gasteiger partial charge < -0.3 is 14.6 Å². The molecule has 134 valence electrons. The van der Waals surface area contributed by atoms with Crippen molar-refractivity contribution in [2.24, 2.45) is 0 Å². The molecular formula is C20H19ClN2O3. The first-order valence-electron chi connectivity index (χ1n) is 8.35. The molecule has 0 aliphatic rings. The van der Waals surface area contributed by atoms with Crippen molar-refractivity contribution in [1.29, 1.82) is 0 Å². The Morgan fingerprint density at radius 2 is 1.85 bits per heavy atom.